The summed E-state index contributed by atoms with van der Waals surface area (Å²) in [6, 6.07) is 0.520. The van der Waals surface area contributed by atoms with E-state index in [0.29, 0.717) is 36.0 Å². The number of anilines is 4. The van der Waals surface area contributed by atoms with Gasteiger partial charge in [0.05, 0.1) is 5.69 Å². The molecule has 1 amide bonds. The number of alkyl halides is 3. The second-order valence-corrected chi connectivity index (χ2v) is 8.54. The Balaban J connectivity index is 1.40. The van der Waals surface area contributed by atoms with Crippen molar-refractivity contribution >= 4 is 29.3 Å². The van der Waals surface area contributed by atoms with Crippen LogP contribution in [0.25, 0.3) is 0 Å². The van der Waals surface area contributed by atoms with Gasteiger partial charge in [0, 0.05) is 25.3 Å². The fraction of sp³-hybridized carbons (Fsp3) is 0.550. The highest BCUT2D eigenvalue weighted by Gasteiger charge is 2.37. The van der Waals surface area contributed by atoms with Crippen LogP contribution in [0.2, 0.25) is 0 Å². The molecule has 0 unspecified atom stereocenters. The molecule has 12 heteroatoms. The molecule has 1 aliphatic heterocycles. The summed E-state index contributed by atoms with van der Waals surface area (Å²) in [5.74, 6) is 1.10. The summed E-state index contributed by atoms with van der Waals surface area (Å²) >= 11 is 0. The van der Waals surface area contributed by atoms with Gasteiger partial charge < -0.3 is 20.9 Å². The summed E-state index contributed by atoms with van der Waals surface area (Å²) in [7, 11) is 1.84. The molecule has 1 fully saturated rings. The van der Waals surface area contributed by atoms with Gasteiger partial charge in [-0.05, 0) is 31.7 Å². The summed E-state index contributed by atoms with van der Waals surface area (Å²) in [6.45, 7) is 5.77. The minimum absolute atomic E-state index is 0.0405. The second-order valence-electron chi connectivity index (χ2n) is 8.54. The van der Waals surface area contributed by atoms with Crippen molar-refractivity contribution in [1.82, 2.24) is 19.9 Å². The van der Waals surface area contributed by atoms with Gasteiger partial charge in [0.25, 0.3) is 0 Å². The molecule has 0 saturated heterocycles. The third-order valence-corrected chi connectivity index (χ3v) is 5.72. The van der Waals surface area contributed by atoms with Gasteiger partial charge in [-0.25, -0.2) is 15.0 Å². The van der Waals surface area contributed by atoms with Crippen molar-refractivity contribution in [2.45, 2.75) is 57.9 Å². The standard InChI is InChI=1S/C20H25F3N8O/c1-9(2)15-17(32)29-14-10(3)25-19(30-16(14)31(15)4)27-12-7-11(8-12)26-18-24-6-5-13(28-18)20(21,22)23/h5-6,9,11-12,15H,7-8H2,1-4H3,(H,29,32)(H,24,26,28)(H,25,27,30)/t11-,12+,15-/m0/s1. The van der Waals surface area contributed by atoms with E-state index in [4.69, 9.17) is 0 Å². The fourth-order valence-corrected chi connectivity index (χ4v) is 4.08. The lowest BCUT2D eigenvalue weighted by molar-refractivity contribution is -0.141. The van der Waals surface area contributed by atoms with E-state index in [1.165, 1.54) is 0 Å². The molecular formula is C20H25F3N8O. The molecule has 2 aromatic heterocycles. The molecule has 4 rings (SSSR count). The number of carbonyl (C=O) groups is 1. The number of hydrogen-bond donors (Lipinski definition) is 3. The summed E-state index contributed by atoms with van der Waals surface area (Å²) in [4.78, 5) is 30.8. The van der Waals surface area contributed by atoms with Crippen LogP contribution in [0.15, 0.2) is 12.3 Å². The van der Waals surface area contributed by atoms with Crippen molar-refractivity contribution in [3.05, 3.63) is 23.7 Å². The normalized spacial score (nSPS) is 22.8. The van der Waals surface area contributed by atoms with Crippen LogP contribution in [0.1, 0.15) is 38.1 Å². The Bertz CT molecular complexity index is 1020. The number of carbonyl (C=O) groups excluding carboxylic acids is 1. The molecule has 1 atom stereocenters. The van der Waals surface area contributed by atoms with Crippen LogP contribution >= 0.6 is 0 Å². The molecule has 3 heterocycles. The number of nitrogens with one attached hydrogen (secondary N) is 3. The molecule has 32 heavy (non-hydrogen) atoms. The molecule has 172 valence electrons. The number of fused-ring (bicyclic) bond motifs is 1. The van der Waals surface area contributed by atoms with E-state index in [2.05, 4.69) is 35.9 Å². The van der Waals surface area contributed by atoms with Crippen LogP contribution in [0.3, 0.4) is 0 Å². The average molecular weight is 450 g/mol. The SMILES string of the molecule is Cc1nc(N[C@H]2C[C@@H](Nc3nccc(C(F)(F)F)n3)C2)nc2c1NC(=O)[C@H](C(C)C)N2C. The number of hydrogen-bond acceptors (Lipinski definition) is 8. The Morgan fingerprint density at radius 1 is 1.12 bits per heavy atom. The lowest BCUT2D eigenvalue weighted by Gasteiger charge is -2.38. The van der Waals surface area contributed by atoms with Crippen LogP contribution < -0.4 is 20.9 Å². The maximum atomic E-state index is 12.8. The lowest BCUT2D eigenvalue weighted by Crippen LogP contribution is -2.50. The van der Waals surface area contributed by atoms with Gasteiger partial charge >= 0.3 is 6.18 Å². The quantitative estimate of drug-likeness (QED) is 0.638. The third kappa shape index (κ3) is 4.26. The van der Waals surface area contributed by atoms with Crippen molar-refractivity contribution in [3.8, 4) is 0 Å². The lowest BCUT2D eigenvalue weighted by atomic mass is 9.87. The average Bonchev–Trinajstić information content (AvgIpc) is 2.66. The first kappa shape index (κ1) is 22.0. The van der Waals surface area contributed by atoms with E-state index >= 15 is 0 Å². The summed E-state index contributed by atoms with van der Waals surface area (Å²) in [5.41, 5.74) is 0.291. The van der Waals surface area contributed by atoms with Crippen LogP contribution in [0.4, 0.5) is 36.6 Å². The Morgan fingerprint density at radius 2 is 1.78 bits per heavy atom. The Labute approximate surface area is 183 Å². The van der Waals surface area contributed by atoms with Gasteiger partial charge in [-0.2, -0.15) is 18.2 Å². The van der Waals surface area contributed by atoms with Crippen molar-refractivity contribution in [2.24, 2.45) is 5.92 Å². The van der Waals surface area contributed by atoms with Gasteiger partial charge in [0.15, 0.2) is 5.82 Å². The highest BCUT2D eigenvalue weighted by atomic mass is 19.4. The maximum Gasteiger partial charge on any atom is 0.433 e. The molecule has 0 spiro atoms. The van der Waals surface area contributed by atoms with Crippen LogP contribution in [0, 0.1) is 12.8 Å². The van der Waals surface area contributed by atoms with E-state index in [1.807, 2.05) is 32.7 Å². The predicted molar refractivity (Wildman–Crippen MR) is 114 cm³/mol. The van der Waals surface area contributed by atoms with Crippen molar-refractivity contribution in [3.63, 3.8) is 0 Å². The molecule has 2 aromatic rings. The summed E-state index contributed by atoms with van der Waals surface area (Å²) in [6.07, 6.45) is -2.11. The Morgan fingerprint density at radius 3 is 2.41 bits per heavy atom. The topological polar surface area (TPSA) is 108 Å². The highest BCUT2D eigenvalue weighted by molar-refractivity contribution is 6.03. The molecule has 0 aromatic carbocycles. The van der Waals surface area contributed by atoms with Crippen molar-refractivity contribution < 1.29 is 18.0 Å². The van der Waals surface area contributed by atoms with Gasteiger partial charge in [0.2, 0.25) is 17.8 Å². The third-order valence-electron chi connectivity index (χ3n) is 5.72. The van der Waals surface area contributed by atoms with Crippen LogP contribution in [-0.2, 0) is 11.0 Å². The van der Waals surface area contributed by atoms with Crippen molar-refractivity contribution in [1.29, 1.82) is 0 Å². The fourth-order valence-electron chi connectivity index (χ4n) is 4.08. The van der Waals surface area contributed by atoms with Gasteiger partial charge in [-0.3, -0.25) is 4.79 Å². The molecule has 0 bridgehead atoms. The van der Waals surface area contributed by atoms with Gasteiger partial charge in [-0.1, -0.05) is 13.8 Å². The molecule has 2 aliphatic rings. The predicted octanol–water partition coefficient (Wildman–Crippen LogP) is 3.06. The zero-order chi connectivity index (χ0) is 23.2. The van der Waals surface area contributed by atoms with E-state index in [9.17, 15) is 18.0 Å². The number of likely N-dealkylation sites (N-methyl/N-ethyl adjacent to an activating group) is 1. The van der Waals surface area contributed by atoms with E-state index < -0.39 is 11.9 Å². The first-order valence-corrected chi connectivity index (χ1v) is 10.4. The van der Waals surface area contributed by atoms with Crippen molar-refractivity contribution in [2.75, 3.05) is 27.9 Å². The summed E-state index contributed by atoms with van der Waals surface area (Å²) in [5, 5.41) is 9.12. The van der Waals surface area contributed by atoms with Crippen LogP contribution in [0.5, 0.6) is 0 Å². The summed E-state index contributed by atoms with van der Waals surface area (Å²) < 4.78 is 38.4. The number of amides is 1. The molecule has 0 radical (unpaired) electrons. The number of aryl methyl sites for hydroxylation is 1. The highest BCUT2D eigenvalue weighted by Crippen LogP contribution is 2.35. The largest absolute Gasteiger partial charge is 0.433 e. The Kier molecular flexibility index (Phi) is 5.55. The zero-order valence-electron chi connectivity index (χ0n) is 18.2. The van der Waals surface area contributed by atoms with Crippen LogP contribution in [-0.4, -0.2) is 51.0 Å². The second kappa shape index (κ2) is 8.06. The number of aromatic nitrogens is 4. The van der Waals surface area contributed by atoms with E-state index in [0.717, 1.165) is 12.3 Å². The minimum Gasteiger partial charge on any atom is -0.351 e. The van der Waals surface area contributed by atoms with E-state index in [-0.39, 0.29) is 35.9 Å². The molecule has 1 aliphatic carbocycles. The number of halogens is 3. The Hall–Kier alpha value is -3.18. The molecule has 3 N–H and O–H groups in total. The molecule has 1 saturated carbocycles. The zero-order valence-corrected chi connectivity index (χ0v) is 18.2. The smallest absolute Gasteiger partial charge is 0.351 e. The van der Waals surface area contributed by atoms with Gasteiger partial charge in [-0.15, -0.1) is 0 Å². The molecule has 9 nitrogen and oxygen atoms in total. The monoisotopic (exact) mass is 450 g/mol. The number of nitrogens with zero attached hydrogens (tertiary/aromatic N) is 5. The first-order chi connectivity index (χ1) is 15.0. The number of rotatable bonds is 5. The van der Waals surface area contributed by atoms with E-state index in [1.54, 1.807) is 0 Å². The first-order valence-electron chi connectivity index (χ1n) is 10.4. The maximum absolute atomic E-state index is 12.8. The minimum atomic E-state index is -4.51. The van der Waals surface area contributed by atoms with Gasteiger partial charge in [0.1, 0.15) is 17.4 Å². The molecular weight excluding hydrogens is 425 g/mol.